The van der Waals surface area contributed by atoms with E-state index in [4.69, 9.17) is 21.1 Å². The molecule has 23 heavy (non-hydrogen) atoms. The SMILES string of the molecule is CC(=O)c1ccc2c(c1)N(CCOc1ccc(Cl)cc1)CCO2. The summed E-state index contributed by atoms with van der Waals surface area (Å²) < 4.78 is 11.4. The second-order valence-electron chi connectivity index (χ2n) is 5.38. The van der Waals surface area contributed by atoms with E-state index in [1.165, 1.54) is 0 Å². The van der Waals surface area contributed by atoms with Gasteiger partial charge in [-0.3, -0.25) is 4.79 Å². The minimum atomic E-state index is 0.0516. The fourth-order valence-electron chi connectivity index (χ4n) is 2.53. The summed E-state index contributed by atoms with van der Waals surface area (Å²) in [5.74, 6) is 1.66. The van der Waals surface area contributed by atoms with Gasteiger partial charge in [-0.25, -0.2) is 0 Å². The van der Waals surface area contributed by atoms with Crippen LogP contribution in [-0.4, -0.2) is 32.1 Å². The third-order valence-electron chi connectivity index (χ3n) is 3.77. The fraction of sp³-hybridized carbons (Fsp3) is 0.278. The molecule has 2 aromatic rings. The van der Waals surface area contributed by atoms with Gasteiger partial charge in [0.25, 0.3) is 0 Å². The molecule has 120 valence electrons. The van der Waals surface area contributed by atoms with E-state index in [2.05, 4.69) is 4.90 Å². The molecule has 2 aromatic carbocycles. The monoisotopic (exact) mass is 331 g/mol. The molecule has 0 unspecified atom stereocenters. The number of anilines is 1. The van der Waals surface area contributed by atoms with Crippen molar-refractivity contribution in [2.24, 2.45) is 0 Å². The van der Waals surface area contributed by atoms with Gasteiger partial charge < -0.3 is 14.4 Å². The zero-order chi connectivity index (χ0) is 16.2. The molecule has 0 atom stereocenters. The Labute approximate surface area is 140 Å². The highest BCUT2D eigenvalue weighted by molar-refractivity contribution is 6.30. The summed E-state index contributed by atoms with van der Waals surface area (Å²) in [4.78, 5) is 13.8. The minimum absolute atomic E-state index is 0.0516. The summed E-state index contributed by atoms with van der Waals surface area (Å²) in [6, 6.07) is 12.9. The molecule has 0 aromatic heterocycles. The van der Waals surface area contributed by atoms with Gasteiger partial charge in [-0.05, 0) is 49.4 Å². The van der Waals surface area contributed by atoms with Gasteiger partial charge in [0.1, 0.15) is 24.7 Å². The third-order valence-corrected chi connectivity index (χ3v) is 4.02. The van der Waals surface area contributed by atoms with Crippen LogP contribution < -0.4 is 14.4 Å². The van der Waals surface area contributed by atoms with Crippen LogP contribution in [0.15, 0.2) is 42.5 Å². The second-order valence-corrected chi connectivity index (χ2v) is 5.81. The lowest BCUT2D eigenvalue weighted by molar-refractivity contribution is 0.101. The molecule has 1 aliphatic heterocycles. The molecule has 0 saturated heterocycles. The van der Waals surface area contributed by atoms with Gasteiger partial charge in [0.2, 0.25) is 0 Å². The lowest BCUT2D eigenvalue weighted by Gasteiger charge is -2.31. The van der Waals surface area contributed by atoms with Crippen molar-refractivity contribution >= 4 is 23.1 Å². The number of halogens is 1. The maximum Gasteiger partial charge on any atom is 0.159 e. The molecule has 5 heteroatoms. The highest BCUT2D eigenvalue weighted by atomic mass is 35.5. The summed E-state index contributed by atoms with van der Waals surface area (Å²) >= 11 is 5.86. The number of carbonyl (C=O) groups excluding carboxylic acids is 1. The molecule has 0 amide bonds. The predicted octanol–water partition coefficient (Wildman–Crippen LogP) is 3.82. The first-order chi connectivity index (χ1) is 11.1. The highest BCUT2D eigenvalue weighted by Crippen LogP contribution is 2.32. The van der Waals surface area contributed by atoms with Gasteiger partial charge in [0.15, 0.2) is 5.78 Å². The van der Waals surface area contributed by atoms with Crippen molar-refractivity contribution < 1.29 is 14.3 Å². The van der Waals surface area contributed by atoms with Crippen LogP contribution in [-0.2, 0) is 0 Å². The van der Waals surface area contributed by atoms with Crippen molar-refractivity contribution in [3.8, 4) is 11.5 Å². The molecule has 0 radical (unpaired) electrons. The average molecular weight is 332 g/mol. The van der Waals surface area contributed by atoms with Crippen molar-refractivity contribution in [1.82, 2.24) is 0 Å². The molecule has 1 aliphatic rings. The first kappa shape index (κ1) is 15.7. The van der Waals surface area contributed by atoms with Gasteiger partial charge in [-0.1, -0.05) is 11.6 Å². The molecule has 1 heterocycles. The number of ether oxygens (including phenoxy) is 2. The van der Waals surface area contributed by atoms with Crippen LogP contribution in [0.2, 0.25) is 5.02 Å². The highest BCUT2D eigenvalue weighted by Gasteiger charge is 2.19. The Morgan fingerprint density at radius 1 is 1.26 bits per heavy atom. The van der Waals surface area contributed by atoms with Crippen LogP contribution in [0.25, 0.3) is 0 Å². The van der Waals surface area contributed by atoms with Gasteiger partial charge in [-0.2, -0.15) is 0 Å². The van der Waals surface area contributed by atoms with Crippen LogP contribution in [0.1, 0.15) is 17.3 Å². The van der Waals surface area contributed by atoms with E-state index in [9.17, 15) is 4.79 Å². The fourth-order valence-corrected chi connectivity index (χ4v) is 2.65. The van der Waals surface area contributed by atoms with Crippen LogP contribution in [0, 0.1) is 0 Å². The number of nitrogens with zero attached hydrogens (tertiary/aromatic N) is 1. The number of Topliss-reactive ketones (excluding diaryl/α,β-unsaturated/α-hetero) is 1. The maximum absolute atomic E-state index is 11.6. The molecule has 0 spiro atoms. The average Bonchev–Trinajstić information content (AvgIpc) is 2.56. The molecule has 0 N–H and O–H groups in total. The first-order valence-electron chi connectivity index (χ1n) is 7.54. The number of ketones is 1. The second kappa shape index (κ2) is 6.92. The van der Waals surface area contributed by atoms with Crippen molar-refractivity contribution in [3.05, 3.63) is 53.1 Å². The molecular formula is C18H18ClNO3. The number of hydrogen-bond acceptors (Lipinski definition) is 4. The van der Waals surface area contributed by atoms with E-state index in [0.717, 1.165) is 30.3 Å². The van der Waals surface area contributed by atoms with Gasteiger partial charge in [0, 0.05) is 10.6 Å². The zero-order valence-electron chi connectivity index (χ0n) is 12.9. The Balaban J connectivity index is 1.66. The van der Waals surface area contributed by atoms with E-state index in [0.29, 0.717) is 23.8 Å². The molecule has 4 nitrogen and oxygen atoms in total. The smallest absolute Gasteiger partial charge is 0.159 e. The van der Waals surface area contributed by atoms with Crippen LogP contribution in [0.3, 0.4) is 0 Å². The standard InChI is InChI=1S/C18H18ClNO3/c1-13(21)14-2-7-18-17(12-14)20(9-11-23-18)8-10-22-16-5-3-15(19)4-6-16/h2-7,12H,8-11H2,1H3. The van der Waals surface area contributed by atoms with E-state index in [-0.39, 0.29) is 5.78 Å². The molecular weight excluding hydrogens is 314 g/mol. The van der Waals surface area contributed by atoms with Crippen molar-refractivity contribution in [2.75, 3.05) is 31.2 Å². The largest absolute Gasteiger partial charge is 0.492 e. The van der Waals surface area contributed by atoms with Crippen LogP contribution in [0.4, 0.5) is 5.69 Å². The molecule has 0 bridgehead atoms. The maximum atomic E-state index is 11.6. The number of rotatable bonds is 5. The number of hydrogen-bond donors (Lipinski definition) is 0. The van der Waals surface area contributed by atoms with Gasteiger partial charge in [0.05, 0.1) is 18.8 Å². The van der Waals surface area contributed by atoms with E-state index >= 15 is 0 Å². The van der Waals surface area contributed by atoms with Crippen molar-refractivity contribution in [2.45, 2.75) is 6.92 Å². The Hall–Kier alpha value is -2.20. The van der Waals surface area contributed by atoms with Crippen LogP contribution in [0.5, 0.6) is 11.5 Å². The molecule has 3 rings (SSSR count). The number of benzene rings is 2. The predicted molar refractivity (Wildman–Crippen MR) is 91.1 cm³/mol. The van der Waals surface area contributed by atoms with E-state index in [1.54, 1.807) is 25.1 Å². The first-order valence-corrected chi connectivity index (χ1v) is 7.92. The summed E-state index contributed by atoms with van der Waals surface area (Å²) in [7, 11) is 0. The Bertz CT molecular complexity index is 700. The topological polar surface area (TPSA) is 38.8 Å². The van der Waals surface area contributed by atoms with Gasteiger partial charge in [-0.15, -0.1) is 0 Å². The summed E-state index contributed by atoms with van der Waals surface area (Å²) in [6.45, 7) is 4.25. The summed E-state index contributed by atoms with van der Waals surface area (Å²) in [5.41, 5.74) is 1.64. The lowest BCUT2D eigenvalue weighted by Crippen LogP contribution is -2.36. The third kappa shape index (κ3) is 3.77. The number of fused-ring (bicyclic) bond motifs is 1. The Morgan fingerprint density at radius 3 is 2.78 bits per heavy atom. The normalized spacial score (nSPS) is 13.2. The van der Waals surface area contributed by atoms with E-state index < -0.39 is 0 Å². The molecule has 0 fully saturated rings. The quantitative estimate of drug-likeness (QED) is 0.781. The zero-order valence-corrected chi connectivity index (χ0v) is 13.7. The Kier molecular flexibility index (Phi) is 4.72. The number of carbonyl (C=O) groups is 1. The molecule has 0 saturated carbocycles. The summed E-state index contributed by atoms with van der Waals surface area (Å²) in [6.07, 6.45) is 0. The van der Waals surface area contributed by atoms with Crippen molar-refractivity contribution in [1.29, 1.82) is 0 Å². The van der Waals surface area contributed by atoms with Gasteiger partial charge >= 0.3 is 0 Å². The Morgan fingerprint density at radius 2 is 2.04 bits per heavy atom. The van der Waals surface area contributed by atoms with E-state index in [1.807, 2.05) is 24.3 Å². The van der Waals surface area contributed by atoms with Crippen LogP contribution >= 0.6 is 11.6 Å². The van der Waals surface area contributed by atoms with Crippen molar-refractivity contribution in [3.63, 3.8) is 0 Å². The minimum Gasteiger partial charge on any atom is -0.492 e. The molecule has 0 aliphatic carbocycles. The summed E-state index contributed by atoms with van der Waals surface area (Å²) in [5, 5.41) is 0.691. The lowest BCUT2D eigenvalue weighted by atomic mass is 10.1.